The molecule has 2 aromatic carbocycles. The van der Waals surface area contributed by atoms with Crippen LogP contribution in [0.4, 0.5) is 5.82 Å². The molecular formula is C23H20N2O6. The van der Waals surface area contributed by atoms with Crippen molar-refractivity contribution >= 4 is 23.3 Å². The van der Waals surface area contributed by atoms with Crippen LogP contribution in [0.25, 0.3) is 5.76 Å². The van der Waals surface area contributed by atoms with Crippen molar-refractivity contribution in [3.8, 4) is 11.5 Å². The van der Waals surface area contributed by atoms with Gasteiger partial charge in [0.1, 0.15) is 23.0 Å². The highest BCUT2D eigenvalue weighted by Gasteiger charge is 2.48. The molecule has 0 radical (unpaired) electrons. The van der Waals surface area contributed by atoms with Crippen molar-refractivity contribution in [2.75, 3.05) is 19.1 Å². The van der Waals surface area contributed by atoms with Crippen molar-refractivity contribution in [1.29, 1.82) is 0 Å². The van der Waals surface area contributed by atoms with Gasteiger partial charge in [0.05, 0.1) is 25.8 Å². The number of ether oxygens (including phenoxy) is 2. The molecule has 0 bridgehead atoms. The van der Waals surface area contributed by atoms with Gasteiger partial charge >= 0.3 is 5.91 Å². The van der Waals surface area contributed by atoms with Gasteiger partial charge in [-0.05, 0) is 48.9 Å². The number of anilines is 1. The number of aromatic nitrogens is 1. The lowest BCUT2D eigenvalue weighted by molar-refractivity contribution is -0.132. The first kappa shape index (κ1) is 20.2. The van der Waals surface area contributed by atoms with Crippen molar-refractivity contribution < 1.29 is 28.7 Å². The summed E-state index contributed by atoms with van der Waals surface area (Å²) in [7, 11) is 3.05. The standard InChI is InChI=1S/C23H20N2O6/c1-13-11-18(24-31-13)25-20(15-5-4-6-17(12-15)30-3)19(22(27)23(25)28)21(26)14-7-9-16(29-2)10-8-14/h4-12,20,26H,1-3H3. The minimum Gasteiger partial charge on any atom is -0.507 e. The predicted octanol–water partition coefficient (Wildman–Crippen LogP) is 3.63. The summed E-state index contributed by atoms with van der Waals surface area (Å²) in [6.07, 6.45) is 0. The molecule has 1 atom stereocenters. The van der Waals surface area contributed by atoms with E-state index < -0.39 is 17.7 Å². The topological polar surface area (TPSA) is 102 Å². The van der Waals surface area contributed by atoms with Crippen LogP contribution < -0.4 is 14.4 Å². The summed E-state index contributed by atoms with van der Waals surface area (Å²) in [6, 6.07) is 14.1. The van der Waals surface area contributed by atoms with E-state index in [1.807, 2.05) is 0 Å². The number of benzene rings is 2. The summed E-state index contributed by atoms with van der Waals surface area (Å²) in [5.74, 6) is -0.115. The smallest absolute Gasteiger partial charge is 0.301 e. The lowest BCUT2D eigenvalue weighted by Gasteiger charge is -2.23. The molecule has 1 N–H and O–H groups in total. The Morgan fingerprint density at radius 3 is 2.35 bits per heavy atom. The van der Waals surface area contributed by atoms with Gasteiger partial charge in [-0.1, -0.05) is 17.3 Å². The van der Waals surface area contributed by atoms with Crippen LogP contribution in [-0.4, -0.2) is 36.2 Å². The Kier molecular flexibility index (Phi) is 5.21. The van der Waals surface area contributed by atoms with Gasteiger partial charge in [0.15, 0.2) is 5.82 Å². The summed E-state index contributed by atoms with van der Waals surface area (Å²) in [5.41, 5.74) is 0.904. The van der Waals surface area contributed by atoms with E-state index >= 15 is 0 Å². The fraction of sp³-hybridized carbons (Fsp3) is 0.174. The van der Waals surface area contributed by atoms with E-state index in [1.165, 1.54) is 19.1 Å². The van der Waals surface area contributed by atoms with E-state index in [4.69, 9.17) is 14.0 Å². The monoisotopic (exact) mass is 420 g/mol. The maximum absolute atomic E-state index is 13.0. The number of aryl methyl sites for hydroxylation is 1. The molecule has 158 valence electrons. The molecule has 1 aliphatic rings. The second kappa shape index (κ2) is 7.98. The highest BCUT2D eigenvalue weighted by molar-refractivity contribution is 6.51. The third kappa shape index (κ3) is 3.52. The molecule has 4 rings (SSSR count). The maximum atomic E-state index is 13.0. The van der Waals surface area contributed by atoms with Crippen LogP contribution in [0, 0.1) is 6.92 Å². The lowest BCUT2D eigenvalue weighted by Crippen LogP contribution is -2.29. The SMILES string of the molecule is COc1ccc(C(O)=C2C(=O)C(=O)N(c3cc(C)on3)C2c2cccc(OC)c2)cc1. The first-order valence-corrected chi connectivity index (χ1v) is 9.47. The number of hydrogen-bond acceptors (Lipinski definition) is 7. The molecule has 8 nitrogen and oxygen atoms in total. The molecule has 31 heavy (non-hydrogen) atoms. The largest absolute Gasteiger partial charge is 0.507 e. The number of ketones is 1. The normalized spacial score (nSPS) is 17.8. The van der Waals surface area contributed by atoms with Crippen LogP contribution >= 0.6 is 0 Å². The molecule has 1 aromatic heterocycles. The van der Waals surface area contributed by atoms with E-state index in [1.54, 1.807) is 61.5 Å². The number of nitrogens with zero attached hydrogens (tertiary/aromatic N) is 2. The van der Waals surface area contributed by atoms with Crippen LogP contribution in [0.2, 0.25) is 0 Å². The van der Waals surface area contributed by atoms with Gasteiger partial charge < -0.3 is 19.1 Å². The van der Waals surface area contributed by atoms with Crippen LogP contribution in [0.3, 0.4) is 0 Å². The number of Topliss-reactive ketones (excluding diaryl/α,β-unsaturated/α-hetero) is 1. The average molecular weight is 420 g/mol. The van der Waals surface area contributed by atoms with Gasteiger partial charge in [-0.3, -0.25) is 14.5 Å². The van der Waals surface area contributed by atoms with Crippen molar-refractivity contribution in [2.45, 2.75) is 13.0 Å². The van der Waals surface area contributed by atoms with Crippen LogP contribution in [0.15, 0.2) is 64.7 Å². The van der Waals surface area contributed by atoms with Gasteiger partial charge in [-0.25, -0.2) is 0 Å². The van der Waals surface area contributed by atoms with Crippen LogP contribution in [0.5, 0.6) is 11.5 Å². The number of hydrogen-bond donors (Lipinski definition) is 1. The number of carbonyl (C=O) groups is 2. The van der Waals surface area contributed by atoms with Crippen molar-refractivity contribution in [2.24, 2.45) is 0 Å². The molecule has 0 saturated carbocycles. The molecule has 0 spiro atoms. The molecule has 1 fully saturated rings. The van der Waals surface area contributed by atoms with Crippen LogP contribution in [0.1, 0.15) is 22.9 Å². The highest BCUT2D eigenvalue weighted by Crippen LogP contribution is 2.42. The van der Waals surface area contributed by atoms with E-state index in [9.17, 15) is 14.7 Å². The number of methoxy groups -OCH3 is 2. The number of carbonyl (C=O) groups excluding carboxylic acids is 2. The van der Waals surface area contributed by atoms with Gasteiger partial charge in [-0.2, -0.15) is 0 Å². The highest BCUT2D eigenvalue weighted by atomic mass is 16.5. The van der Waals surface area contributed by atoms with Gasteiger partial charge in [0.25, 0.3) is 5.78 Å². The van der Waals surface area contributed by atoms with E-state index in [0.717, 1.165) is 0 Å². The molecule has 3 aromatic rings. The Labute approximate surface area is 178 Å². The molecule has 0 aliphatic carbocycles. The second-order valence-electron chi connectivity index (χ2n) is 6.97. The van der Waals surface area contributed by atoms with Gasteiger partial charge in [-0.15, -0.1) is 0 Å². The van der Waals surface area contributed by atoms with Crippen molar-refractivity contribution in [1.82, 2.24) is 5.16 Å². The summed E-state index contributed by atoms with van der Waals surface area (Å²) in [5, 5.41) is 15.0. The average Bonchev–Trinajstić information content (AvgIpc) is 3.34. The Hall–Kier alpha value is -4.07. The molecule has 8 heteroatoms. The summed E-state index contributed by atoms with van der Waals surface area (Å²) in [4.78, 5) is 27.3. The fourth-order valence-electron chi connectivity index (χ4n) is 3.57. The zero-order valence-electron chi connectivity index (χ0n) is 17.2. The second-order valence-corrected chi connectivity index (χ2v) is 6.97. The molecule has 1 unspecified atom stereocenters. The first-order valence-electron chi connectivity index (χ1n) is 9.47. The number of amides is 1. The summed E-state index contributed by atoms with van der Waals surface area (Å²) < 4.78 is 15.6. The molecule has 1 aliphatic heterocycles. The van der Waals surface area contributed by atoms with Crippen LogP contribution in [-0.2, 0) is 9.59 Å². The Balaban J connectivity index is 1.92. The Morgan fingerprint density at radius 1 is 1.03 bits per heavy atom. The maximum Gasteiger partial charge on any atom is 0.301 e. The Bertz CT molecular complexity index is 1180. The zero-order chi connectivity index (χ0) is 22.1. The number of aliphatic hydroxyl groups excluding tert-OH is 1. The summed E-state index contributed by atoms with van der Waals surface area (Å²) >= 11 is 0. The summed E-state index contributed by atoms with van der Waals surface area (Å²) in [6.45, 7) is 1.69. The molecule has 1 amide bonds. The lowest BCUT2D eigenvalue weighted by atomic mass is 9.95. The first-order chi connectivity index (χ1) is 14.9. The van der Waals surface area contributed by atoms with Gasteiger partial charge in [0, 0.05) is 11.6 Å². The third-order valence-corrected chi connectivity index (χ3v) is 5.08. The minimum atomic E-state index is -0.915. The number of rotatable bonds is 5. The fourth-order valence-corrected chi connectivity index (χ4v) is 3.57. The molecular weight excluding hydrogens is 400 g/mol. The zero-order valence-corrected chi connectivity index (χ0v) is 17.2. The third-order valence-electron chi connectivity index (χ3n) is 5.08. The molecule has 1 saturated heterocycles. The molecule has 2 heterocycles. The van der Waals surface area contributed by atoms with Crippen molar-refractivity contribution in [3.05, 3.63) is 77.1 Å². The van der Waals surface area contributed by atoms with E-state index in [2.05, 4.69) is 5.16 Å². The van der Waals surface area contributed by atoms with E-state index in [-0.39, 0.29) is 17.2 Å². The quantitative estimate of drug-likeness (QED) is 0.382. The predicted molar refractivity (Wildman–Crippen MR) is 112 cm³/mol. The van der Waals surface area contributed by atoms with E-state index in [0.29, 0.717) is 28.4 Å². The minimum absolute atomic E-state index is 0.0518. The van der Waals surface area contributed by atoms with Gasteiger partial charge in [0.2, 0.25) is 0 Å². The Morgan fingerprint density at radius 2 is 1.74 bits per heavy atom. The van der Waals surface area contributed by atoms with Crippen molar-refractivity contribution in [3.63, 3.8) is 0 Å². The number of aliphatic hydroxyl groups is 1.